The molecule has 0 unspecified atom stereocenters. The van der Waals surface area contributed by atoms with Gasteiger partial charge < -0.3 is 10.3 Å². The lowest BCUT2D eigenvalue weighted by atomic mass is 10.1. The van der Waals surface area contributed by atoms with E-state index in [9.17, 15) is 0 Å². The monoisotopic (exact) mass is 393 g/mol. The summed E-state index contributed by atoms with van der Waals surface area (Å²) in [7, 11) is 0. The molecule has 0 atom stereocenters. The first-order chi connectivity index (χ1) is 13.7. The van der Waals surface area contributed by atoms with Crippen LogP contribution in [0, 0.1) is 0 Å². The normalized spacial score (nSPS) is 11.0. The third kappa shape index (κ3) is 4.20. The molecule has 8 nitrogen and oxygen atoms in total. The van der Waals surface area contributed by atoms with Gasteiger partial charge in [-0.15, -0.1) is 0 Å². The fourth-order valence-electron chi connectivity index (χ4n) is 2.71. The number of hydrogen-bond donors (Lipinski definition) is 1. The van der Waals surface area contributed by atoms with E-state index >= 15 is 0 Å². The van der Waals surface area contributed by atoms with Gasteiger partial charge in [-0.1, -0.05) is 29.4 Å². The van der Waals surface area contributed by atoms with E-state index in [1.54, 1.807) is 30.4 Å². The molecule has 142 valence electrons. The fourth-order valence-corrected chi connectivity index (χ4v) is 3.08. The Hall–Kier alpha value is -3.20. The number of aryl methyl sites for hydroxylation is 1. The van der Waals surface area contributed by atoms with E-state index in [2.05, 4.69) is 31.5 Å². The molecule has 28 heavy (non-hydrogen) atoms. The van der Waals surface area contributed by atoms with E-state index in [0.29, 0.717) is 18.1 Å². The highest BCUT2D eigenvalue weighted by molar-refractivity contribution is 7.98. The van der Waals surface area contributed by atoms with E-state index in [1.165, 1.54) is 0 Å². The second kappa shape index (κ2) is 8.22. The van der Waals surface area contributed by atoms with Gasteiger partial charge in [-0.05, 0) is 17.4 Å². The van der Waals surface area contributed by atoms with Crippen molar-refractivity contribution in [3.8, 4) is 22.6 Å². The highest BCUT2D eigenvalue weighted by Gasteiger charge is 2.12. The Kier molecular flexibility index (Phi) is 5.34. The van der Waals surface area contributed by atoms with Crippen molar-refractivity contribution in [1.29, 1.82) is 0 Å². The van der Waals surface area contributed by atoms with Crippen LogP contribution in [-0.2, 0) is 13.0 Å². The molecule has 0 aliphatic heterocycles. The lowest BCUT2D eigenvalue weighted by molar-refractivity contribution is 0.424. The van der Waals surface area contributed by atoms with Crippen LogP contribution in [0.4, 0.5) is 5.95 Å². The van der Waals surface area contributed by atoms with Crippen molar-refractivity contribution in [2.24, 2.45) is 0 Å². The van der Waals surface area contributed by atoms with Crippen LogP contribution in [0.1, 0.15) is 11.4 Å². The number of hydrogen-bond acceptors (Lipinski definition) is 8. The first kappa shape index (κ1) is 18.2. The summed E-state index contributed by atoms with van der Waals surface area (Å²) in [5.41, 5.74) is 9.39. The van der Waals surface area contributed by atoms with Crippen LogP contribution >= 0.6 is 11.8 Å². The van der Waals surface area contributed by atoms with Crippen LogP contribution in [0.25, 0.3) is 22.6 Å². The summed E-state index contributed by atoms with van der Waals surface area (Å²) in [5, 5.41) is 8.41. The van der Waals surface area contributed by atoms with Crippen LogP contribution in [-0.4, -0.2) is 41.9 Å². The Morgan fingerprint density at radius 3 is 2.57 bits per heavy atom. The number of rotatable bonds is 7. The van der Waals surface area contributed by atoms with Gasteiger partial charge in [-0.2, -0.15) is 21.8 Å². The summed E-state index contributed by atoms with van der Waals surface area (Å²) < 4.78 is 7.28. The van der Waals surface area contributed by atoms with Gasteiger partial charge in [0.05, 0.1) is 11.8 Å². The number of nitrogens with zero attached hydrogens (tertiary/aromatic N) is 6. The molecular formula is C19H19N7OS. The average molecular weight is 393 g/mol. The summed E-state index contributed by atoms with van der Waals surface area (Å²) in [6.07, 6.45) is 9.76. The number of benzene rings is 1. The largest absolute Gasteiger partial charge is 0.368 e. The summed E-state index contributed by atoms with van der Waals surface area (Å²) >= 11 is 1.78. The number of aromatic nitrogens is 6. The van der Waals surface area contributed by atoms with Crippen LogP contribution in [0.5, 0.6) is 0 Å². The zero-order chi connectivity index (χ0) is 19.3. The minimum Gasteiger partial charge on any atom is -0.368 e. The molecule has 1 aromatic carbocycles. The van der Waals surface area contributed by atoms with E-state index in [-0.39, 0.29) is 5.95 Å². The second-order valence-corrected chi connectivity index (χ2v) is 7.19. The first-order valence-corrected chi connectivity index (χ1v) is 10.1. The Morgan fingerprint density at radius 1 is 1.04 bits per heavy atom. The molecule has 4 aromatic rings. The first-order valence-electron chi connectivity index (χ1n) is 8.72. The summed E-state index contributed by atoms with van der Waals surface area (Å²) in [6, 6.07) is 8.09. The SMILES string of the molecule is CSCCn1cc(-c2nc(Cc3ccc(-c4cnc(N)nc4)cc3)no2)cn1. The van der Waals surface area contributed by atoms with Crippen molar-refractivity contribution in [3.63, 3.8) is 0 Å². The lowest BCUT2D eigenvalue weighted by Crippen LogP contribution is -1.99. The second-order valence-electron chi connectivity index (χ2n) is 6.20. The summed E-state index contributed by atoms with van der Waals surface area (Å²) in [4.78, 5) is 12.5. The Morgan fingerprint density at radius 2 is 1.82 bits per heavy atom. The fraction of sp³-hybridized carbons (Fsp3) is 0.211. The third-order valence-electron chi connectivity index (χ3n) is 4.19. The van der Waals surface area contributed by atoms with Gasteiger partial charge in [0.15, 0.2) is 5.82 Å². The van der Waals surface area contributed by atoms with Gasteiger partial charge in [-0.25, -0.2) is 9.97 Å². The molecule has 0 radical (unpaired) electrons. The van der Waals surface area contributed by atoms with Crippen molar-refractivity contribution in [2.75, 3.05) is 17.7 Å². The van der Waals surface area contributed by atoms with Crippen LogP contribution < -0.4 is 5.73 Å². The standard InChI is InChI=1S/C19H19N7OS/c1-28-7-6-26-12-16(11-23-26)18-24-17(25-27-18)8-13-2-4-14(5-3-13)15-9-21-19(20)22-10-15/h2-5,9-12H,6-8H2,1H3,(H2,20,21,22). The molecule has 3 heterocycles. The molecule has 4 rings (SSSR count). The molecule has 0 fully saturated rings. The summed E-state index contributed by atoms with van der Waals surface area (Å²) in [5.74, 6) is 2.40. The topological polar surface area (TPSA) is 109 Å². The molecule has 2 N–H and O–H groups in total. The van der Waals surface area contributed by atoms with Crippen LogP contribution in [0.2, 0.25) is 0 Å². The number of nitrogens with two attached hydrogens (primary N) is 1. The van der Waals surface area contributed by atoms with E-state index in [0.717, 1.165) is 34.6 Å². The minimum atomic E-state index is 0.267. The molecule has 0 aliphatic carbocycles. The van der Waals surface area contributed by atoms with Crippen molar-refractivity contribution >= 4 is 17.7 Å². The van der Waals surface area contributed by atoms with Crippen molar-refractivity contribution in [2.45, 2.75) is 13.0 Å². The molecule has 0 saturated heterocycles. The Labute approximate surface area is 166 Å². The van der Waals surface area contributed by atoms with Gasteiger partial charge in [0.2, 0.25) is 5.95 Å². The molecule has 0 spiro atoms. The molecule has 9 heteroatoms. The number of thioether (sulfide) groups is 1. The minimum absolute atomic E-state index is 0.267. The maximum Gasteiger partial charge on any atom is 0.261 e. The number of nitrogen functional groups attached to an aromatic ring is 1. The van der Waals surface area contributed by atoms with E-state index in [4.69, 9.17) is 10.3 Å². The van der Waals surface area contributed by atoms with Gasteiger partial charge >= 0.3 is 0 Å². The van der Waals surface area contributed by atoms with E-state index in [1.807, 2.05) is 35.1 Å². The Bertz CT molecular complexity index is 1040. The highest BCUT2D eigenvalue weighted by atomic mass is 32.2. The van der Waals surface area contributed by atoms with Crippen LogP contribution in [0.3, 0.4) is 0 Å². The van der Waals surface area contributed by atoms with Crippen molar-refractivity contribution < 1.29 is 4.52 Å². The maximum absolute atomic E-state index is 5.53. The lowest BCUT2D eigenvalue weighted by Gasteiger charge is -2.02. The summed E-state index contributed by atoms with van der Waals surface area (Å²) in [6.45, 7) is 0.855. The number of anilines is 1. The molecular weight excluding hydrogens is 374 g/mol. The third-order valence-corrected chi connectivity index (χ3v) is 4.78. The zero-order valence-corrected chi connectivity index (χ0v) is 16.1. The molecule has 0 aliphatic rings. The Balaban J connectivity index is 1.43. The average Bonchev–Trinajstić information content (AvgIpc) is 3.37. The van der Waals surface area contributed by atoms with Gasteiger partial charge in [0.25, 0.3) is 5.89 Å². The van der Waals surface area contributed by atoms with Gasteiger partial charge in [0, 0.05) is 42.9 Å². The molecule has 0 bridgehead atoms. The van der Waals surface area contributed by atoms with Crippen molar-refractivity contribution in [1.82, 2.24) is 29.9 Å². The molecule has 3 aromatic heterocycles. The quantitative estimate of drug-likeness (QED) is 0.510. The smallest absolute Gasteiger partial charge is 0.261 e. The van der Waals surface area contributed by atoms with Crippen molar-refractivity contribution in [3.05, 3.63) is 60.4 Å². The predicted octanol–water partition coefficient (Wildman–Crippen LogP) is 2.93. The predicted molar refractivity (Wildman–Crippen MR) is 109 cm³/mol. The maximum atomic E-state index is 5.53. The van der Waals surface area contributed by atoms with Crippen LogP contribution in [0.15, 0.2) is 53.6 Å². The van der Waals surface area contributed by atoms with Gasteiger partial charge in [-0.3, -0.25) is 4.68 Å². The molecule has 0 amide bonds. The van der Waals surface area contributed by atoms with Gasteiger partial charge in [0.1, 0.15) is 0 Å². The zero-order valence-electron chi connectivity index (χ0n) is 15.3. The highest BCUT2D eigenvalue weighted by Crippen LogP contribution is 2.21. The van der Waals surface area contributed by atoms with E-state index < -0.39 is 0 Å². The molecule has 0 saturated carbocycles.